The topological polar surface area (TPSA) is 85.6 Å². The number of halogens is 1. The molecule has 7 nitrogen and oxygen atoms in total. The van der Waals surface area contributed by atoms with Crippen molar-refractivity contribution in [2.45, 2.75) is 0 Å². The summed E-state index contributed by atoms with van der Waals surface area (Å²) in [6.45, 7) is 0. The molecule has 2 aromatic heterocycles. The average Bonchev–Trinajstić information content (AvgIpc) is 3.00. The number of carbonyl (C=O) groups excluding carboxylic acids is 1. The van der Waals surface area contributed by atoms with Gasteiger partial charge in [-0.1, -0.05) is 18.2 Å². The number of aromatic nitrogens is 5. The van der Waals surface area contributed by atoms with Crippen molar-refractivity contribution in [3.63, 3.8) is 0 Å². The summed E-state index contributed by atoms with van der Waals surface area (Å²) < 4.78 is 0.593. The molecular weight excluding hydrogens is 336 g/mol. The minimum atomic E-state index is -0.395. The van der Waals surface area contributed by atoms with Gasteiger partial charge < -0.3 is 5.32 Å². The number of para-hydroxylation sites is 1. The normalized spacial score (nSPS) is 10.3. The molecule has 3 rings (SSSR count). The molecule has 1 amide bonds. The third kappa shape index (κ3) is 3.11. The molecule has 0 spiro atoms. The molecule has 104 valence electrons. The first kappa shape index (κ1) is 13.4. The third-order valence-electron chi connectivity index (χ3n) is 2.57. The molecule has 0 radical (unpaired) electrons. The maximum Gasteiger partial charge on any atom is 0.279 e. The van der Waals surface area contributed by atoms with Crippen LogP contribution in [0.15, 0.2) is 53.5 Å². The Hall–Kier alpha value is -2.61. The molecule has 3 aromatic rings. The van der Waals surface area contributed by atoms with Gasteiger partial charge in [0.1, 0.15) is 4.60 Å². The first-order valence-electron chi connectivity index (χ1n) is 5.99. The Bertz CT molecular complexity index is 756. The van der Waals surface area contributed by atoms with Crippen molar-refractivity contribution in [3.05, 3.63) is 59.2 Å². The van der Waals surface area contributed by atoms with Gasteiger partial charge in [-0.05, 0) is 28.1 Å². The molecule has 0 aliphatic heterocycles. The molecule has 0 atom stereocenters. The van der Waals surface area contributed by atoms with Crippen LogP contribution in [-0.2, 0) is 0 Å². The predicted octanol–water partition coefficient (Wildman–Crippen LogP) is 2.07. The first-order valence-corrected chi connectivity index (χ1v) is 6.78. The van der Waals surface area contributed by atoms with Crippen LogP contribution in [0.2, 0.25) is 0 Å². The lowest BCUT2D eigenvalue weighted by Gasteiger charge is -2.01. The van der Waals surface area contributed by atoms with E-state index in [2.05, 4.69) is 41.4 Å². The molecule has 0 aliphatic carbocycles. The largest absolute Gasteiger partial charge is 0.304 e. The van der Waals surface area contributed by atoms with Gasteiger partial charge in [-0.3, -0.25) is 4.79 Å². The van der Waals surface area contributed by atoms with Crippen molar-refractivity contribution in [2.24, 2.45) is 0 Å². The highest BCUT2D eigenvalue weighted by atomic mass is 79.9. The first-order chi connectivity index (χ1) is 10.2. The van der Waals surface area contributed by atoms with Gasteiger partial charge in [0.15, 0.2) is 11.5 Å². The molecule has 1 aromatic carbocycles. The standard InChI is InChI=1S/C13H9BrN6O/c14-11-7-16-12(8-15-11)18-13(21)10-6-17-20(19-10)9-4-2-1-3-5-9/h1-8H,(H,16,18,21). The summed E-state index contributed by atoms with van der Waals surface area (Å²) in [4.78, 5) is 21.4. The second-order valence-corrected chi connectivity index (χ2v) is 4.85. The van der Waals surface area contributed by atoms with Gasteiger partial charge in [0.25, 0.3) is 5.91 Å². The molecular formula is C13H9BrN6O. The van der Waals surface area contributed by atoms with Crippen LogP contribution in [-0.4, -0.2) is 30.9 Å². The van der Waals surface area contributed by atoms with Gasteiger partial charge in [-0.2, -0.15) is 9.90 Å². The second kappa shape index (κ2) is 5.80. The lowest BCUT2D eigenvalue weighted by molar-refractivity contribution is 0.102. The summed E-state index contributed by atoms with van der Waals surface area (Å²) in [6, 6.07) is 9.34. The number of hydrogen-bond donors (Lipinski definition) is 1. The maximum absolute atomic E-state index is 12.0. The van der Waals surface area contributed by atoms with Crippen molar-refractivity contribution in [1.29, 1.82) is 0 Å². The zero-order valence-electron chi connectivity index (χ0n) is 10.6. The highest BCUT2D eigenvalue weighted by Crippen LogP contribution is 2.08. The number of nitrogens with one attached hydrogen (secondary N) is 1. The third-order valence-corrected chi connectivity index (χ3v) is 2.98. The number of rotatable bonds is 3. The highest BCUT2D eigenvalue weighted by molar-refractivity contribution is 9.10. The molecule has 8 heteroatoms. The molecule has 0 unspecified atom stereocenters. The molecule has 0 aliphatic rings. The van der Waals surface area contributed by atoms with E-state index < -0.39 is 5.91 Å². The van der Waals surface area contributed by atoms with E-state index in [1.807, 2.05) is 30.3 Å². The highest BCUT2D eigenvalue weighted by Gasteiger charge is 2.12. The van der Waals surface area contributed by atoms with E-state index >= 15 is 0 Å². The fourth-order valence-electron chi connectivity index (χ4n) is 1.61. The number of hydrogen-bond acceptors (Lipinski definition) is 5. The van der Waals surface area contributed by atoms with E-state index in [-0.39, 0.29) is 5.69 Å². The molecule has 0 fully saturated rings. The summed E-state index contributed by atoms with van der Waals surface area (Å²) in [5, 5.41) is 10.8. The van der Waals surface area contributed by atoms with Crippen molar-refractivity contribution in [1.82, 2.24) is 25.0 Å². The summed E-state index contributed by atoms with van der Waals surface area (Å²) in [6.07, 6.45) is 4.34. The average molecular weight is 345 g/mol. The Morgan fingerprint density at radius 2 is 1.90 bits per heavy atom. The summed E-state index contributed by atoms with van der Waals surface area (Å²) in [7, 11) is 0. The van der Waals surface area contributed by atoms with Crippen molar-refractivity contribution >= 4 is 27.7 Å². The maximum atomic E-state index is 12.0. The van der Waals surface area contributed by atoms with Gasteiger partial charge >= 0.3 is 0 Å². The lowest BCUT2D eigenvalue weighted by Crippen LogP contribution is -2.14. The molecule has 2 heterocycles. The number of amides is 1. The zero-order chi connectivity index (χ0) is 14.7. The summed E-state index contributed by atoms with van der Waals surface area (Å²) >= 11 is 3.17. The molecule has 1 N–H and O–H groups in total. The van der Waals surface area contributed by atoms with E-state index in [0.29, 0.717) is 10.4 Å². The van der Waals surface area contributed by atoms with E-state index in [0.717, 1.165) is 5.69 Å². The van der Waals surface area contributed by atoms with Crippen LogP contribution in [0.4, 0.5) is 5.82 Å². The van der Waals surface area contributed by atoms with E-state index in [1.54, 1.807) is 0 Å². The summed E-state index contributed by atoms with van der Waals surface area (Å²) in [5.41, 5.74) is 0.976. The quantitative estimate of drug-likeness (QED) is 0.785. The van der Waals surface area contributed by atoms with Gasteiger partial charge in [0.2, 0.25) is 0 Å². The molecule has 0 bridgehead atoms. The van der Waals surface area contributed by atoms with E-state index in [1.165, 1.54) is 23.4 Å². The van der Waals surface area contributed by atoms with Crippen LogP contribution < -0.4 is 5.32 Å². The minimum absolute atomic E-state index is 0.198. The Morgan fingerprint density at radius 1 is 1.10 bits per heavy atom. The van der Waals surface area contributed by atoms with Crippen molar-refractivity contribution in [3.8, 4) is 5.69 Å². The van der Waals surface area contributed by atoms with Crippen LogP contribution in [0.25, 0.3) is 5.69 Å². The Labute approximate surface area is 128 Å². The fraction of sp³-hybridized carbons (Fsp3) is 0. The van der Waals surface area contributed by atoms with Crippen LogP contribution in [0.5, 0.6) is 0 Å². The minimum Gasteiger partial charge on any atom is -0.304 e. The van der Waals surface area contributed by atoms with Crippen molar-refractivity contribution in [2.75, 3.05) is 5.32 Å². The van der Waals surface area contributed by atoms with Crippen LogP contribution >= 0.6 is 15.9 Å². The Kier molecular flexibility index (Phi) is 3.69. The Balaban J connectivity index is 1.77. The van der Waals surface area contributed by atoms with Gasteiger partial charge in [0, 0.05) is 0 Å². The number of anilines is 1. The monoisotopic (exact) mass is 344 g/mol. The number of nitrogens with zero attached hydrogens (tertiary/aromatic N) is 5. The lowest BCUT2D eigenvalue weighted by atomic mass is 10.3. The van der Waals surface area contributed by atoms with Crippen molar-refractivity contribution < 1.29 is 4.79 Å². The molecule has 0 saturated carbocycles. The van der Waals surface area contributed by atoms with Crippen LogP contribution in [0.3, 0.4) is 0 Å². The van der Waals surface area contributed by atoms with E-state index in [9.17, 15) is 4.79 Å². The smallest absolute Gasteiger partial charge is 0.279 e. The van der Waals surface area contributed by atoms with Crippen LogP contribution in [0, 0.1) is 0 Å². The zero-order valence-corrected chi connectivity index (χ0v) is 12.2. The van der Waals surface area contributed by atoms with E-state index in [4.69, 9.17) is 0 Å². The molecule has 0 saturated heterocycles. The van der Waals surface area contributed by atoms with Crippen LogP contribution in [0.1, 0.15) is 10.5 Å². The number of carbonyl (C=O) groups is 1. The fourth-order valence-corrected chi connectivity index (χ4v) is 1.81. The Morgan fingerprint density at radius 3 is 2.62 bits per heavy atom. The SMILES string of the molecule is O=C(Nc1cnc(Br)cn1)c1cnn(-c2ccccc2)n1. The number of benzene rings is 1. The predicted molar refractivity (Wildman–Crippen MR) is 79.0 cm³/mol. The molecule has 21 heavy (non-hydrogen) atoms. The van der Waals surface area contributed by atoms with Gasteiger partial charge in [-0.25, -0.2) is 9.97 Å². The second-order valence-electron chi connectivity index (χ2n) is 4.03. The van der Waals surface area contributed by atoms with Gasteiger partial charge in [0.05, 0.1) is 24.3 Å². The summed E-state index contributed by atoms with van der Waals surface area (Å²) in [5.74, 6) is -0.0498. The van der Waals surface area contributed by atoms with Gasteiger partial charge in [-0.15, -0.1) is 5.10 Å².